The maximum absolute atomic E-state index is 10.6. The van der Waals surface area contributed by atoms with Gasteiger partial charge in [0.2, 0.25) is 0 Å². The Labute approximate surface area is 126 Å². The SMILES string of the molecule is C=C(C)NC(CCC(=O)O)COCOCCCSCC. The van der Waals surface area contributed by atoms with Crippen LogP contribution in [0.15, 0.2) is 12.3 Å². The van der Waals surface area contributed by atoms with Gasteiger partial charge in [-0.25, -0.2) is 0 Å². The molecule has 0 aliphatic heterocycles. The van der Waals surface area contributed by atoms with Crippen molar-refractivity contribution >= 4 is 17.7 Å². The molecule has 0 bridgehead atoms. The van der Waals surface area contributed by atoms with Crippen molar-refractivity contribution in [3.63, 3.8) is 0 Å². The molecule has 0 heterocycles. The number of aliphatic carboxylic acids is 1. The molecular formula is C14H27NO4S. The van der Waals surface area contributed by atoms with Gasteiger partial charge in [-0.1, -0.05) is 13.5 Å². The van der Waals surface area contributed by atoms with Crippen molar-refractivity contribution in [3.8, 4) is 0 Å². The largest absolute Gasteiger partial charge is 0.481 e. The van der Waals surface area contributed by atoms with E-state index in [1.807, 2.05) is 18.7 Å². The molecule has 0 aromatic heterocycles. The Morgan fingerprint density at radius 3 is 2.80 bits per heavy atom. The number of nitrogens with one attached hydrogen (secondary N) is 1. The molecule has 1 unspecified atom stereocenters. The molecule has 0 spiro atoms. The summed E-state index contributed by atoms with van der Waals surface area (Å²) >= 11 is 1.90. The molecule has 0 aromatic carbocycles. The van der Waals surface area contributed by atoms with Gasteiger partial charge >= 0.3 is 5.97 Å². The van der Waals surface area contributed by atoms with Gasteiger partial charge in [0.05, 0.1) is 13.2 Å². The fourth-order valence-electron chi connectivity index (χ4n) is 1.56. The minimum Gasteiger partial charge on any atom is -0.481 e. The van der Waals surface area contributed by atoms with Crippen molar-refractivity contribution in [2.75, 3.05) is 31.5 Å². The molecule has 0 saturated carbocycles. The molecule has 0 fully saturated rings. The molecule has 1 atom stereocenters. The molecular weight excluding hydrogens is 278 g/mol. The zero-order valence-electron chi connectivity index (χ0n) is 12.5. The second-order valence-corrected chi connectivity index (χ2v) is 5.90. The lowest BCUT2D eigenvalue weighted by Gasteiger charge is -2.19. The monoisotopic (exact) mass is 305 g/mol. The number of carbonyl (C=O) groups is 1. The van der Waals surface area contributed by atoms with Crippen LogP contribution in [0.3, 0.4) is 0 Å². The molecule has 0 aliphatic carbocycles. The minimum absolute atomic E-state index is 0.0390. The van der Waals surface area contributed by atoms with Gasteiger partial charge in [0.25, 0.3) is 0 Å². The lowest BCUT2D eigenvalue weighted by Crippen LogP contribution is -2.33. The van der Waals surface area contributed by atoms with Crippen LogP contribution < -0.4 is 5.32 Å². The third-order valence-electron chi connectivity index (χ3n) is 2.42. The van der Waals surface area contributed by atoms with Gasteiger partial charge < -0.3 is 19.9 Å². The predicted octanol–water partition coefficient (Wildman–Crippen LogP) is 2.48. The van der Waals surface area contributed by atoms with Crippen LogP contribution in [0, 0.1) is 0 Å². The highest BCUT2D eigenvalue weighted by molar-refractivity contribution is 7.99. The van der Waals surface area contributed by atoms with E-state index in [9.17, 15) is 4.79 Å². The summed E-state index contributed by atoms with van der Waals surface area (Å²) in [5.41, 5.74) is 0.807. The smallest absolute Gasteiger partial charge is 0.303 e. The van der Waals surface area contributed by atoms with Crippen molar-refractivity contribution in [1.29, 1.82) is 0 Å². The Bertz CT molecular complexity index is 274. The molecule has 0 radical (unpaired) electrons. The summed E-state index contributed by atoms with van der Waals surface area (Å²) in [6, 6.07) is -0.0390. The average molecular weight is 305 g/mol. The zero-order chi connectivity index (χ0) is 15.2. The molecule has 118 valence electrons. The lowest BCUT2D eigenvalue weighted by atomic mass is 10.1. The quantitative estimate of drug-likeness (QED) is 0.379. The molecule has 0 aliphatic rings. The van der Waals surface area contributed by atoms with Crippen molar-refractivity contribution in [1.82, 2.24) is 5.32 Å². The van der Waals surface area contributed by atoms with Crippen LogP contribution in [0.4, 0.5) is 0 Å². The molecule has 0 aromatic rings. The van der Waals surface area contributed by atoms with Gasteiger partial charge in [0.1, 0.15) is 6.79 Å². The van der Waals surface area contributed by atoms with Crippen LogP contribution in [0.2, 0.25) is 0 Å². The van der Waals surface area contributed by atoms with Gasteiger partial charge in [0.15, 0.2) is 0 Å². The first-order valence-electron chi connectivity index (χ1n) is 6.93. The summed E-state index contributed by atoms with van der Waals surface area (Å²) in [7, 11) is 0. The Hall–Kier alpha value is -0.720. The third-order valence-corrected chi connectivity index (χ3v) is 3.41. The summed E-state index contributed by atoms with van der Waals surface area (Å²) in [5.74, 6) is 1.44. The number of carboxylic acid groups (broad SMARTS) is 1. The summed E-state index contributed by atoms with van der Waals surface area (Å²) in [6.45, 7) is 9.11. The second kappa shape index (κ2) is 13.3. The number of hydrogen-bond donors (Lipinski definition) is 2. The minimum atomic E-state index is -0.803. The third kappa shape index (κ3) is 13.7. The van der Waals surface area contributed by atoms with Crippen LogP contribution in [-0.2, 0) is 14.3 Å². The van der Waals surface area contributed by atoms with Gasteiger partial charge in [0, 0.05) is 18.2 Å². The van der Waals surface area contributed by atoms with Crippen LogP contribution in [-0.4, -0.2) is 48.6 Å². The number of thioether (sulfide) groups is 1. The van der Waals surface area contributed by atoms with Crippen LogP contribution in [0.5, 0.6) is 0 Å². The normalized spacial score (nSPS) is 12.1. The van der Waals surface area contributed by atoms with Gasteiger partial charge in [-0.05, 0) is 31.3 Å². The first-order chi connectivity index (χ1) is 9.56. The summed E-state index contributed by atoms with van der Waals surface area (Å²) in [5, 5.41) is 11.8. The van der Waals surface area contributed by atoms with E-state index in [-0.39, 0.29) is 19.3 Å². The van der Waals surface area contributed by atoms with Crippen molar-refractivity contribution < 1.29 is 19.4 Å². The maximum atomic E-state index is 10.6. The maximum Gasteiger partial charge on any atom is 0.303 e. The van der Waals surface area contributed by atoms with Gasteiger partial charge in [-0.3, -0.25) is 4.79 Å². The molecule has 6 heteroatoms. The standard InChI is InChI=1S/C14H27NO4S/c1-4-20-9-5-8-18-11-19-10-13(15-12(2)3)6-7-14(16)17/h13,15H,2,4-11H2,1,3H3,(H,16,17). The number of allylic oxidation sites excluding steroid dienone is 1. The first-order valence-corrected chi connectivity index (χ1v) is 8.08. The topological polar surface area (TPSA) is 67.8 Å². The fraction of sp³-hybridized carbons (Fsp3) is 0.786. The molecule has 5 nitrogen and oxygen atoms in total. The van der Waals surface area contributed by atoms with E-state index in [1.165, 1.54) is 0 Å². The predicted molar refractivity (Wildman–Crippen MR) is 83.0 cm³/mol. The Balaban J connectivity index is 3.62. The van der Waals surface area contributed by atoms with Crippen molar-refractivity contribution in [2.24, 2.45) is 0 Å². The number of carboxylic acids is 1. The van der Waals surface area contributed by atoms with Gasteiger partial charge in [-0.2, -0.15) is 11.8 Å². The van der Waals surface area contributed by atoms with Crippen LogP contribution >= 0.6 is 11.8 Å². The summed E-state index contributed by atoms with van der Waals surface area (Å²) in [4.78, 5) is 10.6. The molecule has 0 amide bonds. The fourth-order valence-corrected chi connectivity index (χ4v) is 2.17. The molecule has 2 N–H and O–H groups in total. The summed E-state index contributed by atoms with van der Waals surface area (Å²) < 4.78 is 10.8. The van der Waals surface area contributed by atoms with E-state index < -0.39 is 5.97 Å². The number of hydrogen-bond acceptors (Lipinski definition) is 5. The van der Waals surface area contributed by atoms with E-state index in [4.69, 9.17) is 14.6 Å². The van der Waals surface area contributed by atoms with E-state index in [1.54, 1.807) is 0 Å². The van der Waals surface area contributed by atoms with Gasteiger partial charge in [-0.15, -0.1) is 0 Å². The van der Waals surface area contributed by atoms with E-state index >= 15 is 0 Å². The molecule has 20 heavy (non-hydrogen) atoms. The highest BCUT2D eigenvalue weighted by Crippen LogP contribution is 2.02. The Morgan fingerprint density at radius 2 is 2.20 bits per heavy atom. The Kier molecular flexibility index (Phi) is 12.8. The van der Waals surface area contributed by atoms with Crippen molar-refractivity contribution in [2.45, 2.75) is 39.2 Å². The number of ether oxygens (including phenoxy) is 2. The van der Waals surface area contributed by atoms with Crippen LogP contribution in [0.1, 0.15) is 33.1 Å². The Morgan fingerprint density at radius 1 is 1.45 bits per heavy atom. The first kappa shape index (κ1) is 19.3. The highest BCUT2D eigenvalue weighted by Gasteiger charge is 2.10. The second-order valence-electron chi connectivity index (χ2n) is 4.50. The summed E-state index contributed by atoms with van der Waals surface area (Å²) in [6.07, 6.45) is 1.65. The number of rotatable bonds is 14. The lowest BCUT2D eigenvalue weighted by molar-refractivity contribution is -0.137. The molecule has 0 rings (SSSR count). The molecule has 0 saturated heterocycles. The van der Waals surface area contributed by atoms with E-state index in [0.29, 0.717) is 19.6 Å². The van der Waals surface area contributed by atoms with E-state index in [2.05, 4.69) is 18.8 Å². The zero-order valence-corrected chi connectivity index (χ0v) is 13.3. The van der Waals surface area contributed by atoms with E-state index in [0.717, 1.165) is 23.6 Å². The van der Waals surface area contributed by atoms with Crippen molar-refractivity contribution in [3.05, 3.63) is 12.3 Å². The average Bonchev–Trinajstić information content (AvgIpc) is 2.38. The highest BCUT2D eigenvalue weighted by atomic mass is 32.2. The van der Waals surface area contributed by atoms with Crippen LogP contribution in [0.25, 0.3) is 0 Å².